The Hall–Kier alpha value is -2.69. The van der Waals surface area contributed by atoms with Gasteiger partial charge >= 0.3 is 0 Å². The summed E-state index contributed by atoms with van der Waals surface area (Å²) in [5.41, 5.74) is 4.25. The minimum Gasteiger partial charge on any atom is -0.494 e. The van der Waals surface area contributed by atoms with Crippen LogP contribution in [0.1, 0.15) is 36.1 Å². The predicted molar refractivity (Wildman–Crippen MR) is 105 cm³/mol. The zero-order valence-corrected chi connectivity index (χ0v) is 16.4. The highest BCUT2D eigenvalue weighted by atomic mass is 16.5. The third kappa shape index (κ3) is 4.73. The Bertz CT molecular complexity index is 831. The van der Waals surface area contributed by atoms with Crippen LogP contribution in [0.4, 0.5) is 0 Å². The summed E-state index contributed by atoms with van der Waals surface area (Å²) in [4.78, 5) is 12.2. The van der Waals surface area contributed by atoms with E-state index in [4.69, 9.17) is 14.2 Å². The van der Waals surface area contributed by atoms with Crippen LogP contribution in [0, 0.1) is 13.8 Å². The topological polar surface area (TPSA) is 56.8 Å². The average Bonchev–Trinajstić information content (AvgIpc) is 2.98. The molecule has 2 aromatic rings. The van der Waals surface area contributed by atoms with E-state index in [1.165, 1.54) is 5.56 Å². The molecule has 0 fully saturated rings. The Morgan fingerprint density at radius 3 is 2.74 bits per heavy atom. The number of ether oxygens (including phenoxy) is 3. The summed E-state index contributed by atoms with van der Waals surface area (Å²) < 4.78 is 17.2. The zero-order chi connectivity index (χ0) is 19.4. The van der Waals surface area contributed by atoms with Crippen molar-refractivity contribution in [3.63, 3.8) is 0 Å². The van der Waals surface area contributed by atoms with Crippen molar-refractivity contribution in [2.24, 2.45) is 0 Å². The van der Waals surface area contributed by atoms with Crippen molar-refractivity contribution in [2.75, 3.05) is 13.2 Å². The number of carbonyl (C=O) groups is 1. The van der Waals surface area contributed by atoms with Crippen LogP contribution >= 0.6 is 0 Å². The lowest BCUT2D eigenvalue weighted by atomic mass is 10.1. The van der Waals surface area contributed by atoms with Crippen LogP contribution < -0.4 is 19.5 Å². The van der Waals surface area contributed by atoms with Crippen LogP contribution in [0.3, 0.4) is 0 Å². The van der Waals surface area contributed by atoms with E-state index in [9.17, 15) is 4.79 Å². The van der Waals surface area contributed by atoms with Gasteiger partial charge in [-0.3, -0.25) is 4.79 Å². The van der Waals surface area contributed by atoms with Crippen LogP contribution in [0.15, 0.2) is 30.3 Å². The predicted octanol–water partition coefficient (Wildman–Crippen LogP) is 3.72. The first-order valence-corrected chi connectivity index (χ1v) is 9.38. The standard InChI is InChI=1S/C22H27NO4/c1-5-25-20-10-17-9-16(4)27-21(17)11-18(20)12-23-22(24)13-26-19-7-6-14(2)8-15(19)3/h6-8,10-11,16H,5,9,12-13H2,1-4H3,(H,23,24). The van der Waals surface area contributed by atoms with Crippen LogP contribution in [0.25, 0.3) is 0 Å². The number of carbonyl (C=O) groups excluding carboxylic acids is 1. The second kappa shape index (κ2) is 8.33. The third-order valence-corrected chi connectivity index (χ3v) is 4.54. The number of benzene rings is 2. The molecule has 0 radical (unpaired) electrons. The van der Waals surface area contributed by atoms with Gasteiger partial charge in [-0.25, -0.2) is 0 Å². The first kappa shape index (κ1) is 19.1. The molecule has 1 amide bonds. The molecule has 1 N–H and O–H groups in total. The average molecular weight is 369 g/mol. The molecule has 1 unspecified atom stereocenters. The minimum absolute atomic E-state index is 0.0215. The quantitative estimate of drug-likeness (QED) is 0.808. The molecule has 0 spiro atoms. The minimum atomic E-state index is -0.174. The number of rotatable bonds is 7. The van der Waals surface area contributed by atoms with Crippen molar-refractivity contribution in [1.82, 2.24) is 5.32 Å². The van der Waals surface area contributed by atoms with Gasteiger partial charge in [-0.2, -0.15) is 0 Å². The van der Waals surface area contributed by atoms with Crippen molar-refractivity contribution in [2.45, 2.75) is 46.8 Å². The largest absolute Gasteiger partial charge is 0.494 e. The van der Waals surface area contributed by atoms with Crippen molar-refractivity contribution >= 4 is 5.91 Å². The van der Waals surface area contributed by atoms with Crippen molar-refractivity contribution in [3.05, 3.63) is 52.6 Å². The maximum atomic E-state index is 12.2. The van der Waals surface area contributed by atoms with Crippen molar-refractivity contribution < 1.29 is 19.0 Å². The molecule has 0 saturated heterocycles. The first-order chi connectivity index (χ1) is 13.0. The third-order valence-electron chi connectivity index (χ3n) is 4.54. The van der Waals surface area contributed by atoms with E-state index in [1.54, 1.807) is 0 Å². The molecule has 0 bridgehead atoms. The Kier molecular flexibility index (Phi) is 5.89. The first-order valence-electron chi connectivity index (χ1n) is 9.38. The number of hydrogen-bond donors (Lipinski definition) is 1. The fourth-order valence-corrected chi connectivity index (χ4v) is 3.26. The van der Waals surface area contributed by atoms with Gasteiger partial charge in [0.2, 0.25) is 0 Å². The van der Waals surface area contributed by atoms with Gasteiger partial charge in [-0.05, 0) is 51.5 Å². The molecule has 0 aliphatic carbocycles. The van der Waals surface area contributed by atoms with E-state index in [2.05, 4.69) is 5.32 Å². The second-order valence-electron chi connectivity index (χ2n) is 6.97. The monoisotopic (exact) mass is 369 g/mol. The van der Waals surface area contributed by atoms with Crippen LogP contribution in [0.5, 0.6) is 17.2 Å². The number of nitrogens with one attached hydrogen (secondary N) is 1. The Morgan fingerprint density at radius 2 is 2.00 bits per heavy atom. The van der Waals surface area contributed by atoms with Gasteiger partial charge in [-0.15, -0.1) is 0 Å². The van der Waals surface area contributed by atoms with Crippen molar-refractivity contribution in [1.29, 1.82) is 0 Å². The maximum Gasteiger partial charge on any atom is 0.258 e. The van der Waals surface area contributed by atoms with Crippen molar-refractivity contribution in [3.8, 4) is 17.2 Å². The van der Waals surface area contributed by atoms with Gasteiger partial charge in [0.25, 0.3) is 5.91 Å². The molecule has 1 heterocycles. The summed E-state index contributed by atoms with van der Waals surface area (Å²) >= 11 is 0. The highest BCUT2D eigenvalue weighted by molar-refractivity contribution is 5.77. The fraction of sp³-hybridized carbons (Fsp3) is 0.409. The molecule has 3 rings (SSSR count). The van der Waals surface area contributed by atoms with E-state index in [0.29, 0.717) is 13.2 Å². The molecular formula is C22H27NO4. The SMILES string of the molecule is CCOc1cc2c(cc1CNC(=O)COc1ccc(C)cc1C)OC(C)C2. The molecule has 5 nitrogen and oxygen atoms in total. The molecule has 0 aromatic heterocycles. The Morgan fingerprint density at radius 1 is 1.19 bits per heavy atom. The van der Waals surface area contributed by atoms with Crippen LogP contribution in [0.2, 0.25) is 0 Å². The molecule has 1 aliphatic rings. The van der Waals surface area contributed by atoms with Crippen LogP contribution in [-0.2, 0) is 17.8 Å². The summed E-state index contributed by atoms with van der Waals surface area (Å²) in [6.07, 6.45) is 1.05. The van der Waals surface area contributed by atoms with Gasteiger partial charge in [-0.1, -0.05) is 17.7 Å². The number of fused-ring (bicyclic) bond motifs is 1. The van der Waals surface area contributed by atoms with Crippen LogP contribution in [-0.4, -0.2) is 25.2 Å². The van der Waals surface area contributed by atoms with E-state index < -0.39 is 0 Å². The summed E-state index contributed by atoms with van der Waals surface area (Å²) in [7, 11) is 0. The molecule has 0 saturated carbocycles. The molecule has 5 heteroatoms. The Labute approximate surface area is 160 Å². The lowest BCUT2D eigenvalue weighted by molar-refractivity contribution is -0.123. The fourth-order valence-electron chi connectivity index (χ4n) is 3.26. The van der Waals surface area contributed by atoms with Gasteiger partial charge < -0.3 is 19.5 Å². The highest BCUT2D eigenvalue weighted by Crippen LogP contribution is 2.35. The molecule has 2 aromatic carbocycles. The summed E-state index contributed by atoms with van der Waals surface area (Å²) in [5, 5.41) is 2.90. The van der Waals surface area contributed by atoms with E-state index in [0.717, 1.165) is 40.4 Å². The lowest BCUT2D eigenvalue weighted by Crippen LogP contribution is -2.28. The lowest BCUT2D eigenvalue weighted by Gasteiger charge is -2.14. The normalized spacial score (nSPS) is 15.0. The van der Waals surface area contributed by atoms with E-state index in [1.807, 2.05) is 58.0 Å². The zero-order valence-electron chi connectivity index (χ0n) is 16.4. The summed E-state index contributed by atoms with van der Waals surface area (Å²) in [5.74, 6) is 2.23. The number of hydrogen-bond acceptors (Lipinski definition) is 4. The highest BCUT2D eigenvalue weighted by Gasteiger charge is 2.22. The molecular weight excluding hydrogens is 342 g/mol. The maximum absolute atomic E-state index is 12.2. The second-order valence-corrected chi connectivity index (χ2v) is 6.97. The molecule has 1 aliphatic heterocycles. The van der Waals surface area contributed by atoms with Gasteiger partial charge in [0.05, 0.1) is 6.61 Å². The van der Waals surface area contributed by atoms with E-state index >= 15 is 0 Å². The Balaban J connectivity index is 1.60. The smallest absolute Gasteiger partial charge is 0.258 e. The van der Waals surface area contributed by atoms with Gasteiger partial charge in [0, 0.05) is 24.1 Å². The molecule has 1 atom stereocenters. The van der Waals surface area contributed by atoms with Gasteiger partial charge in [0.15, 0.2) is 6.61 Å². The number of amides is 1. The summed E-state index contributed by atoms with van der Waals surface area (Å²) in [6, 6.07) is 9.89. The molecule has 144 valence electrons. The summed E-state index contributed by atoms with van der Waals surface area (Å²) in [6.45, 7) is 8.92. The van der Waals surface area contributed by atoms with E-state index in [-0.39, 0.29) is 18.6 Å². The van der Waals surface area contributed by atoms with Gasteiger partial charge in [0.1, 0.15) is 23.4 Å². The molecule has 27 heavy (non-hydrogen) atoms. The number of aryl methyl sites for hydroxylation is 2.